The van der Waals surface area contributed by atoms with Gasteiger partial charge in [0.2, 0.25) is 5.60 Å². The summed E-state index contributed by atoms with van der Waals surface area (Å²) in [5.41, 5.74) is 0.992. The minimum atomic E-state index is -1.15. The first-order valence-electron chi connectivity index (χ1n) is 7.21. The number of rotatable bonds is 3. The number of hydrogen-bond donors (Lipinski definition) is 1. The van der Waals surface area contributed by atoms with E-state index in [-0.39, 0.29) is 18.1 Å². The van der Waals surface area contributed by atoms with Crippen LogP contribution in [0.15, 0.2) is 47.8 Å². The Morgan fingerprint density at radius 3 is 2.91 bits per heavy atom. The van der Waals surface area contributed by atoms with Crippen LogP contribution in [-0.4, -0.2) is 22.2 Å². The number of amides is 1. The van der Waals surface area contributed by atoms with Crippen molar-refractivity contribution < 1.29 is 14.0 Å². The number of carbonyl (C=O) groups excluding carboxylic acids is 1. The lowest BCUT2D eigenvalue weighted by Gasteiger charge is -2.20. The van der Waals surface area contributed by atoms with E-state index in [2.05, 4.69) is 15.5 Å². The van der Waals surface area contributed by atoms with Crippen LogP contribution in [0.25, 0.3) is 0 Å². The number of halogens is 1. The van der Waals surface area contributed by atoms with Gasteiger partial charge in [0, 0.05) is 18.2 Å². The van der Waals surface area contributed by atoms with Gasteiger partial charge in [-0.1, -0.05) is 17.3 Å². The molecule has 5 nitrogen and oxygen atoms in total. The van der Waals surface area contributed by atoms with Crippen LogP contribution < -0.4 is 5.32 Å². The molecule has 0 bridgehead atoms. The van der Waals surface area contributed by atoms with Crippen molar-refractivity contribution in [3.63, 3.8) is 0 Å². The fraction of sp³-hybridized carbons (Fsp3) is 0.235. The van der Waals surface area contributed by atoms with Gasteiger partial charge in [-0.25, -0.2) is 9.37 Å². The molecule has 0 spiro atoms. The van der Waals surface area contributed by atoms with E-state index in [1.54, 1.807) is 31.3 Å². The molecule has 1 aromatic heterocycles. The van der Waals surface area contributed by atoms with Gasteiger partial charge < -0.3 is 10.2 Å². The quantitative estimate of drug-likeness (QED) is 0.947. The van der Waals surface area contributed by atoms with Crippen LogP contribution in [-0.2, 0) is 9.63 Å². The molecule has 1 atom stereocenters. The predicted octanol–water partition coefficient (Wildman–Crippen LogP) is 3.05. The maximum Gasteiger partial charge on any atom is 0.272 e. The number of aromatic nitrogens is 1. The van der Waals surface area contributed by atoms with Crippen LogP contribution in [0.4, 0.5) is 10.2 Å². The highest BCUT2D eigenvalue weighted by molar-refractivity contribution is 6.07. The number of benzene rings is 1. The first-order valence-corrected chi connectivity index (χ1v) is 7.21. The summed E-state index contributed by atoms with van der Waals surface area (Å²) >= 11 is 0. The molecule has 0 aliphatic carbocycles. The smallest absolute Gasteiger partial charge is 0.272 e. The third-order valence-corrected chi connectivity index (χ3v) is 3.66. The predicted molar refractivity (Wildman–Crippen MR) is 84.6 cm³/mol. The zero-order valence-corrected chi connectivity index (χ0v) is 12.8. The largest absolute Gasteiger partial charge is 0.379 e. The summed E-state index contributed by atoms with van der Waals surface area (Å²) in [6.45, 7) is 3.56. The van der Waals surface area contributed by atoms with Gasteiger partial charge in [-0.05, 0) is 43.7 Å². The topological polar surface area (TPSA) is 63.6 Å². The second kappa shape index (κ2) is 5.79. The highest BCUT2D eigenvalue weighted by Crippen LogP contribution is 2.28. The third-order valence-electron chi connectivity index (χ3n) is 3.66. The molecule has 1 aliphatic heterocycles. The minimum Gasteiger partial charge on any atom is -0.379 e. The molecule has 0 saturated heterocycles. The van der Waals surface area contributed by atoms with Gasteiger partial charge in [0.15, 0.2) is 0 Å². The molecular formula is C17H16FN3O2. The van der Waals surface area contributed by atoms with Crippen molar-refractivity contribution in [2.45, 2.75) is 25.9 Å². The van der Waals surface area contributed by atoms with Gasteiger partial charge in [-0.3, -0.25) is 4.79 Å². The zero-order chi connectivity index (χ0) is 16.4. The van der Waals surface area contributed by atoms with Crippen LogP contribution in [0, 0.1) is 12.7 Å². The summed E-state index contributed by atoms with van der Waals surface area (Å²) in [6.07, 6.45) is 1.88. The summed E-state index contributed by atoms with van der Waals surface area (Å²) in [4.78, 5) is 21.9. The van der Waals surface area contributed by atoms with Crippen LogP contribution in [0.2, 0.25) is 0 Å². The Labute approximate surface area is 133 Å². The molecule has 6 heteroatoms. The molecule has 1 aliphatic rings. The second-order valence-electron chi connectivity index (χ2n) is 5.72. The molecule has 3 rings (SSSR count). The first kappa shape index (κ1) is 15.1. The van der Waals surface area contributed by atoms with Gasteiger partial charge in [-0.15, -0.1) is 0 Å². The van der Waals surface area contributed by atoms with E-state index in [1.165, 1.54) is 12.1 Å². The molecule has 2 aromatic rings. The number of hydrogen-bond acceptors (Lipinski definition) is 4. The van der Waals surface area contributed by atoms with Gasteiger partial charge in [0.05, 0.1) is 5.71 Å². The van der Waals surface area contributed by atoms with Gasteiger partial charge in [-0.2, -0.15) is 0 Å². The van der Waals surface area contributed by atoms with Crippen molar-refractivity contribution in [2.75, 3.05) is 5.32 Å². The van der Waals surface area contributed by atoms with Gasteiger partial charge >= 0.3 is 0 Å². The maximum atomic E-state index is 13.3. The molecule has 118 valence electrons. The summed E-state index contributed by atoms with van der Waals surface area (Å²) in [6, 6.07) is 9.67. The monoisotopic (exact) mass is 313 g/mol. The standard InChI is InChI=1S/C17H16FN3O2/c1-11-6-7-19-15(8-11)20-16(22)17(2)10-14(21-23-17)12-4-3-5-13(18)9-12/h3-9H,10H2,1-2H3,(H,19,20,22)/t17-/m1/s1. The molecule has 0 saturated carbocycles. The Balaban J connectivity index is 1.73. The van der Waals surface area contributed by atoms with E-state index in [0.717, 1.165) is 5.56 Å². The molecule has 23 heavy (non-hydrogen) atoms. The van der Waals surface area contributed by atoms with E-state index < -0.39 is 5.60 Å². The number of anilines is 1. The number of carbonyl (C=O) groups is 1. The van der Waals surface area contributed by atoms with Crippen LogP contribution in [0.5, 0.6) is 0 Å². The molecule has 1 N–H and O–H groups in total. The highest BCUT2D eigenvalue weighted by Gasteiger charge is 2.42. The molecule has 2 heterocycles. The molecule has 0 radical (unpaired) electrons. The van der Waals surface area contributed by atoms with Crippen molar-refractivity contribution in [1.82, 2.24) is 4.98 Å². The second-order valence-corrected chi connectivity index (χ2v) is 5.72. The highest BCUT2D eigenvalue weighted by atomic mass is 19.1. The van der Waals surface area contributed by atoms with E-state index in [9.17, 15) is 9.18 Å². The summed E-state index contributed by atoms with van der Waals surface area (Å²) in [7, 11) is 0. The Kier molecular flexibility index (Phi) is 3.82. The van der Waals surface area contributed by atoms with Crippen LogP contribution in [0.3, 0.4) is 0 Å². The molecule has 1 aromatic carbocycles. The van der Waals surface area contributed by atoms with Gasteiger partial charge in [0.25, 0.3) is 5.91 Å². The van der Waals surface area contributed by atoms with Crippen molar-refractivity contribution in [3.8, 4) is 0 Å². The minimum absolute atomic E-state index is 0.258. The first-order chi connectivity index (χ1) is 11.0. The fourth-order valence-electron chi connectivity index (χ4n) is 2.34. The third kappa shape index (κ3) is 3.21. The van der Waals surface area contributed by atoms with Crippen LogP contribution >= 0.6 is 0 Å². The Hall–Kier alpha value is -2.76. The Bertz CT molecular complexity index is 791. The van der Waals surface area contributed by atoms with E-state index in [4.69, 9.17) is 4.84 Å². The van der Waals surface area contributed by atoms with Crippen molar-refractivity contribution in [2.24, 2.45) is 5.16 Å². The summed E-state index contributed by atoms with van der Waals surface area (Å²) in [5.74, 6) is -0.239. The van der Waals surface area contributed by atoms with E-state index in [1.807, 2.05) is 13.0 Å². The average molecular weight is 313 g/mol. The normalized spacial score (nSPS) is 19.9. The fourth-order valence-corrected chi connectivity index (χ4v) is 2.34. The average Bonchev–Trinajstić information content (AvgIpc) is 2.91. The lowest BCUT2D eigenvalue weighted by molar-refractivity contribution is -0.135. The number of nitrogens with zero attached hydrogens (tertiary/aromatic N) is 2. The number of nitrogens with one attached hydrogen (secondary N) is 1. The molecular weight excluding hydrogens is 297 g/mol. The molecule has 0 fully saturated rings. The van der Waals surface area contributed by atoms with E-state index >= 15 is 0 Å². The van der Waals surface area contributed by atoms with Crippen molar-refractivity contribution >= 4 is 17.4 Å². The summed E-state index contributed by atoms with van der Waals surface area (Å²) < 4.78 is 13.3. The number of pyridine rings is 1. The van der Waals surface area contributed by atoms with Gasteiger partial charge in [0.1, 0.15) is 11.6 Å². The van der Waals surface area contributed by atoms with E-state index in [0.29, 0.717) is 17.1 Å². The number of oxime groups is 1. The van der Waals surface area contributed by atoms with Crippen LogP contribution in [0.1, 0.15) is 24.5 Å². The summed E-state index contributed by atoms with van der Waals surface area (Å²) in [5, 5.41) is 6.68. The Morgan fingerprint density at radius 2 is 2.17 bits per heavy atom. The Morgan fingerprint density at radius 1 is 1.35 bits per heavy atom. The molecule has 1 amide bonds. The number of aryl methyl sites for hydroxylation is 1. The maximum absolute atomic E-state index is 13.3. The zero-order valence-electron chi connectivity index (χ0n) is 12.8. The SMILES string of the molecule is Cc1ccnc(NC(=O)[C@@]2(C)CC(c3cccc(F)c3)=NO2)c1. The molecule has 0 unspecified atom stereocenters. The lowest BCUT2D eigenvalue weighted by atomic mass is 9.95. The van der Waals surface area contributed by atoms with Crippen molar-refractivity contribution in [3.05, 3.63) is 59.5 Å². The lowest BCUT2D eigenvalue weighted by Crippen LogP contribution is -2.40. The van der Waals surface area contributed by atoms with Crippen molar-refractivity contribution in [1.29, 1.82) is 0 Å².